The number of morpholine rings is 1. The van der Waals surface area contributed by atoms with E-state index in [1.807, 2.05) is 12.1 Å². The van der Waals surface area contributed by atoms with Crippen molar-refractivity contribution in [1.29, 1.82) is 0 Å². The third-order valence-electron chi connectivity index (χ3n) is 3.60. The smallest absolute Gasteiger partial charge is 0.122 e. The van der Waals surface area contributed by atoms with Gasteiger partial charge in [0.25, 0.3) is 0 Å². The van der Waals surface area contributed by atoms with Gasteiger partial charge in [0.05, 0.1) is 19.8 Å². The molecule has 4 nitrogen and oxygen atoms in total. The third-order valence-corrected chi connectivity index (χ3v) is 3.60. The average molecular weight is 264 g/mol. The minimum atomic E-state index is 0.302. The molecule has 19 heavy (non-hydrogen) atoms. The first-order valence-electron chi connectivity index (χ1n) is 6.99. The fraction of sp³-hybridized carbons (Fsp3) is 0.600. The molecule has 1 heterocycles. The predicted octanol–water partition coefficient (Wildman–Crippen LogP) is 1.29. The van der Waals surface area contributed by atoms with Gasteiger partial charge in [-0.25, -0.2) is 0 Å². The van der Waals surface area contributed by atoms with Crippen LogP contribution in [0, 0.1) is 0 Å². The Morgan fingerprint density at radius 1 is 1.42 bits per heavy atom. The first-order valence-corrected chi connectivity index (χ1v) is 6.99. The Labute approximate surface area is 115 Å². The molecule has 106 valence electrons. The number of hydrogen-bond acceptors (Lipinski definition) is 4. The summed E-state index contributed by atoms with van der Waals surface area (Å²) in [7, 11) is 1.73. The number of para-hydroxylation sites is 1. The zero-order valence-electron chi connectivity index (χ0n) is 11.7. The van der Waals surface area contributed by atoms with Gasteiger partial charge in [-0.1, -0.05) is 18.2 Å². The molecule has 1 aromatic rings. The maximum absolute atomic E-state index is 5.70. The summed E-state index contributed by atoms with van der Waals surface area (Å²) < 4.78 is 11.1. The SMILES string of the molecule is COc1ccccc1CCN1CCOC(CCN)C1. The van der Waals surface area contributed by atoms with E-state index < -0.39 is 0 Å². The van der Waals surface area contributed by atoms with Crippen LogP contribution in [0.2, 0.25) is 0 Å². The topological polar surface area (TPSA) is 47.7 Å². The Kier molecular flexibility index (Phi) is 5.63. The standard InChI is InChI=1S/C15H24N2O2/c1-18-15-5-3-2-4-13(15)7-9-17-10-11-19-14(12-17)6-8-16/h2-5,14H,6-12,16H2,1H3. The number of rotatable bonds is 6. The Hall–Kier alpha value is -1.10. The normalized spacial score (nSPS) is 20.4. The van der Waals surface area contributed by atoms with Gasteiger partial charge in [0.15, 0.2) is 0 Å². The number of methoxy groups -OCH3 is 1. The maximum Gasteiger partial charge on any atom is 0.122 e. The van der Waals surface area contributed by atoms with E-state index in [1.165, 1.54) is 5.56 Å². The average Bonchev–Trinajstić information content (AvgIpc) is 2.46. The molecule has 0 aliphatic carbocycles. The second-order valence-electron chi connectivity index (χ2n) is 4.93. The van der Waals surface area contributed by atoms with Gasteiger partial charge in [0, 0.05) is 19.6 Å². The summed E-state index contributed by atoms with van der Waals surface area (Å²) in [4.78, 5) is 2.45. The van der Waals surface area contributed by atoms with Gasteiger partial charge in [-0.05, 0) is 31.0 Å². The fourth-order valence-electron chi connectivity index (χ4n) is 2.53. The molecule has 1 aliphatic rings. The molecule has 1 fully saturated rings. The highest BCUT2D eigenvalue weighted by atomic mass is 16.5. The van der Waals surface area contributed by atoms with Crippen molar-refractivity contribution in [2.75, 3.05) is 39.9 Å². The minimum Gasteiger partial charge on any atom is -0.496 e. The van der Waals surface area contributed by atoms with Crippen molar-refractivity contribution in [1.82, 2.24) is 4.90 Å². The van der Waals surface area contributed by atoms with Gasteiger partial charge in [-0.2, -0.15) is 0 Å². The second kappa shape index (κ2) is 7.48. The van der Waals surface area contributed by atoms with Gasteiger partial charge < -0.3 is 15.2 Å². The lowest BCUT2D eigenvalue weighted by Gasteiger charge is -2.32. The van der Waals surface area contributed by atoms with E-state index in [-0.39, 0.29) is 0 Å². The Balaban J connectivity index is 1.84. The lowest BCUT2D eigenvalue weighted by molar-refractivity contribution is -0.0302. The molecule has 0 bridgehead atoms. The second-order valence-corrected chi connectivity index (χ2v) is 4.93. The molecule has 1 aliphatic heterocycles. The van der Waals surface area contributed by atoms with Gasteiger partial charge >= 0.3 is 0 Å². The van der Waals surface area contributed by atoms with Crippen molar-refractivity contribution in [3.05, 3.63) is 29.8 Å². The van der Waals surface area contributed by atoms with Crippen molar-refractivity contribution in [3.63, 3.8) is 0 Å². The summed E-state index contributed by atoms with van der Waals surface area (Å²) in [5.74, 6) is 0.981. The van der Waals surface area contributed by atoms with E-state index in [4.69, 9.17) is 15.2 Å². The molecule has 1 unspecified atom stereocenters. The molecule has 0 saturated carbocycles. The quantitative estimate of drug-likeness (QED) is 0.841. The van der Waals surface area contributed by atoms with Crippen LogP contribution in [0.4, 0.5) is 0 Å². The van der Waals surface area contributed by atoms with E-state index in [9.17, 15) is 0 Å². The third kappa shape index (κ3) is 4.20. The zero-order valence-corrected chi connectivity index (χ0v) is 11.7. The van der Waals surface area contributed by atoms with Crippen LogP contribution in [-0.2, 0) is 11.2 Å². The molecule has 2 N–H and O–H groups in total. The number of nitrogens with zero attached hydrogens (tertiary/aromatic N) is 1. The molecule has 0 spiro atoms. The van der Waals surface area contributed by atoms with Crippen LogP contribution in [0.1, 0.15) is 12.0 Å². The highest BCUT2D eigenvalue weighted by Crippen LogP contribution is 2.18. The molecule has 1 atom stereocenters. The van der Waals surface area contributed by atoms with Crippen LogP contribution in [0.5, 0.6) is 5.75 Å². The van der Waals surface area contributed by atoms with Crippen molar-refractivity contribution in [3.8, 4) is 5.75 Å². The first-order chi connectivity index (χ1) is 9.33. The summed E-state index contributed by atoms with van der Waals surface area (Å²) in [6.45, 7) is 4.56. The Morgan fingerprint density at radius 2 is 2.26 bits per heavy atom. The number of hydrogen-bond donors (Lipinski definition) is 1. The van der Waals surface area contributed by atoms with Gasteiger partial charge in [-0.15, -0.1) is 0 Å². The minimum absolute atomic E-state index is 0.302. The van der Waals surface area contributed by atoms with Crippen molar-refractivity contribution >= 4 is 0 Å². The summed E-state index contributed by atoms with van der Waals surface area (Å²) in [6.07, 6.45) is 2.27. The summed E-state index contributed by atoms with van der Waals surface area (Å²) >= 11 is 0. The predicted molar refractivity (Wildman–Crippen MR) is 76.5 cm³/mol. The Morgan fingerprint density at radius 3 is 3.05 bits per heavy atom. The van der Waals surface area contributed by atoms with Gasteiger partial charge in [0.1, 0.15) is 5.75 Å². The van der Waals surface area contributed by atoms with Crippen LogP contribution >= 0.6 is 0 Å². The van der Waals surface area contributed by atoms with E-state index in [1.54, 1.807) is 7.11 Å². The van der Waals surface area contributed by atoms with E-state index >= 15 is 0 Å². The van der Waals surface area contributed by atoms with Crippen LogP contribution in [-0.4, -0.2) is 50.9 Å². The molecule has 2 rings (SSSR count). The first kappa shape index (κ1) is 14.3. The van der Waals surface area contributed by atoms with E-state index in [2.05, 4.69) is 17.0 Å². The largest absolute Gasteiger partial charge is 0.496 e. The maximum atomic E-state index is 5.70. The molecule has 4 heteroatoms. The number of nitrogens with two attached hydrogens (primary N) is 1. The lowest BCUT2D eigenvalue weighted by Crippen LogP contribution is -2.43. The molecular weight excluding hydrogens is 240 g/mol. The summed E-state index contributed by atoms with van der Waals surface area (Å²) in [6, 6.07) is 8.23. The molecular formula is C15H24N2O2. The number of ether oxygens (including phenoxy) is 2. The molecule has 0 aromatic heterocycles. The van der Waals surface area contributed by atoms with Gasteiger partial charge in [-0.3, -0.25) is 4.90 Å². The lowest BCUT2D eigenvalue weighted by atomic mass is 10.1. The molecule has 1 aromatic carbocycles. The van der Waals surface area contributed by atoms with Crippen molar-refractivity contribution in [2.45, 2.75) is 18.9 Å². The van der Waals surface area contributed by atoms with E-state index in [0.29, 0.717) is 12.6 Å². The van der Waals surface area contributed by atoms with Crippen molar-refractivity contribution < 1.29 is 9.47 Å². The van der Waals surface area contributed by atoms with Crippen LogP contribution < -0.4 is 10.5 Å². The molecule has 1 saturated heterocycles. The fourth-order valence-corrected chi connectivity index (χ4v) is 2.53. The monoisotopic (exact) mass is 264 g/mol. The van der Waals surface area contributed by atoms with Crippen LogP contribution in [0.3, 0.4) is 0 Å². The van der Waals surface area contributed by atoms with Crippen molar-refractivity contribution in [2.24, 2.45) is 5.73 Å². The highest BCUT2D eigenvalue weighted by molar-refractivity contribution is 5.33. The number of benzene rings is 1. The molecule has 0 amide bonds. The summed E-state index contributed by atoms with van der Waals surface area (Å²) in [5, 5.41) is 0. The Bertz CT molecular complexity index is 382. The van der Waals surface area contributed by atoms with Gasteiger partial charge in [0.2, 0.25) is 0 Å². The zero-order chi connectivity index (χ0) is 13.5. The van der Waals surface area contributed by atoms with Crippen LogP contribution in [0.25, 0.3) is 0 Å². The van der Waals surface area contributed by atoms with E-state index in [0.717, 1.165) is 44.8 Å². The highest BCUT2D eigenvalue weighted by Gasteiger charge is 2.19. The van der Waals surface area contributed by atoms with Crippen LogP contribution in [0.15, 0.2) is 24.3 Å². The summed E-state index contributed by atoms with van der Waals surface area (Å²) in [5.41, 5.74) is 6.86. The molecule has 0 radical (unpaired) electrons.